The molecule has 108 valence electrons. The van der Waals surface area contributed by atoms with Gasteiger partial charge in [-0.2, -0.15) is 0 Å². The van der Waals surface area contributed by atoms with Gasteiger partial charge in [0.1, 0.15) is 0 Å². The fraction of sp³-hybridized carbons (Fsp3) is 0.571. The van der Waals surface area contributed by atoms with Crippen LogP contribution in [0.3, 0.4) is 0 Å². The van der Waals surface area contributed by atoms with E-state index in [1.807, 2.05) is 45.9 Å². The minimum absolute atomic E-state index is 0.371. The quantitative estimate of drug-likeness (QED) is 0.744. The highest BCUT2D eigenvalue weighted by atomic mass is 32.2. The average molecular weight is 293 g/mol. The number of nitrogens with zero attached hydrogens (tertiary/aromatic N) is 1. The van der Waals surface area contributed by atoms with Crippen molar-refractivity contribution in [1.82, 2.24) is 0 Å². The number of benzene rings is 1. The minimum atomic E-state index is -2.25. The highest BCUT2D eigenvalue weighted by Gasteiger charge is 2.52. The summed E-state index contributed by atoms with van der Waals surface area (Å²) in [6.45, 7) is 8.60. The summed E-state index contributed by atoms with van der Waals surface area (Å²) in [6.07, 6.45) is 1.69. The van der Waals surface area contributed by atoms with E-state index >= 15 is 0 Å². The summed E-state index contributed by atoms with van der Waals surface area (Å²) in [7, 11) is -2.67. The molecule has 2 aliphatic heterocycles. The Morgan fingerprint density at radius 3 is 2.40 bits per heavy atom. The molecule has 4 nitrogen and oxygen atoms in total. The number of hydrogen-bond acceptors (Lipinski definition) is 4. The zero-order chi connectivity index (χ0) is 14.8. The molecule has 0 bridgehead atoms. The van der Waals surface area contributed by atoms with Gasteiger partial charge in [0.25, 0.3) is 0 Å². The first-order valence-corrected chi connectivity index (χ1v) is 8.72. The highest BCUT2D eigenvalue weighted by molar-refractivity contribution is 7.93. The van der Waals surface area contributed by atoms with Gasteiger partial charge in [-0.05, 0) is 44.8 Å². The van der Waals surface area contributed by atoms with Gasteiger partial charge in [0.15, 0.2) is 0 Å². The summed E-state index contributed by atoms with van der Waals surface area (Å²) >= 11 is 0. The van der Waals surface area contributed by atoms with Crippen molar-refractivity contribution in [3.63, 3.8) is 0 Å². The van der Waals surface area contributed by atoms with Crippen LogP contribution in [0.2, 0.25) is 0 Å². The molecule has 2 heterocycles. The van der Waals surface area contributed by atoms with E-state index in [4.69, 9.17) is 9.31 Å². The van der Waals surface area contributed by atoms with Crippen molar-refractivity contribution in [3.8, 4) is 0 Å². The van der Waals surface area contributed by atoms with E-state index in [9.17, 15) is 4.21 Å². The number of hydrogen-bond donors (Lipinski definition) is 0. The van der Waals surface area contributed by atoms with Crippen molar-refractivity contribution in [1.29, 1.82) is 0 Å². The van der Waals surface area contributed by atoms with Crippen LogP contribution in [0, 0.1) is 0 Å². The predicted molar refractivity (Wildman–Crippen MR) is 80.6 cm³/mol. The molecule has 0 amide bonds. The molecule has 1 fully saturated rings. The van der Waals surface area contributed by atoms with Crippen LogP contribution in [0.5, 0.6) is 0 Å². The van der Waals surface area contributed by atoms with E-state index in [1.54, 1.807) is 6.26 Å². The first kappa shape index (κ1) is 14.1. The molecule has 6 heteroatoms. The normalized spacial score (nSPS) is 30.1. The molecule has 2 aliphatic rings. The molecule has 0 N–H and O–H groups in total. The second kappa shape index (κ2) is 4.09. The standard InChI is InChI=1S/C14H20BNO3S/c1-13(2)14(3,4)19-15(18-13)11-7-6-8-12-10(11)9-16-20(12,5)17/h6-8H,9H2,1-5H3. The molecule has 1 aromatic carbocycles. The monoisotopic (exact) mass is 293 g/mol. The van der Waals surface area contributed by atoms with E-state index in [-0.39, 0.29) is 11.2 Å². The molecular weight excluding hydrogens is 273 g/mol. The topological polar surface area (TPSA) is 47.9 Å². The Kier molecular flexibility index (Phi) is 2.88. The molecule has 1 unspecified atom stereocenters. The summed E-state index contributed by atoms with van der Waals surface area (Å²) in [6, 6.07) is 5.78. The van der Waals surface area contributed by atoms with Crippen molar-refractivity contribution < 1.29 is 13.5 Å². The second-order valence-electron chi connectivity index (χ2n) is 6.50. The van der Waals surface area contributed by atoms with E-state index in [1.165, 1.54) is 0 Å². The van der Waals surface area contributed by atoms with Crippen LogP contribution < -0.4 is 5.46 Å². The van der Waals surface area contributed by atoms with Crippen molar-refractivity contribution >= 4 is 22.3 Å². The molecule has 0 aromatic heterocycles. The zero-order valence-corrected chi connectivity index (χ0v) is 13.4. The maximum Gasteiger partial charge on any atom is 0.495 e. The molecule has 0 saturated carbocycles. The maximum absolute atomic E-state index is 12.4. The van der Waals surface area contributed by atoms with Gasteiger partial charge in [0.05, 0.1) is 32.4 Å². The summed E-state index contributed by atoms with van der Waals surface area (Å²) < 4.78 is 28.8. The van der Waals surface area contributed by atoms with E-state index < -0.39 is 16.8 Å². The van der Waals surface area contributed by atoms with Crippen LogP contribution in [0.15, 0.2) is 27.5 Å². The first-order chi connectivity index (χ1) is 9.14. The smallest absolute Gasteiger partial charge is 0.399 e. The van der Waals surface area contributed by atoms with Crippen LogP contribution >= 0.6 is 0 Å². The Balaban J connectivity index is 2.04. The molecule has 1 aromatic rings. The third kappa shape index (κ3) is 1.93. The van der Waals surface area contributed by atoms with Crippen LogP contribution in [0.4, 0.5) is 0 Å². The fourth-order valence-electron chi connectivity index (χ4n) is 2.55. The van der Waals surface area contributed by atoms with Gasteiger partial charge in [0.2, 0.25) is 0 Å². The number of fused-ring (bicyclic) bond motifs is 1. The van der Waals surface area contributed by atoms with Crippen molar-refractivity contribution in [3.05, 3.63) is 23.8 Å². The van der Waals surface area contributed by atoms with Crippen LogP contribution in [0.25, 0.3) is 0 Å². The van der Waals surface area contributed by atoms with Crippen molar-refractivity contribution in [2.24, 2.45) is 4.36 Å². The number of rotatable bonds is 1. The third-order valence-electron chi connectivity index (χ3n) is 4.55. The lowest BCUT2D eigenvalue weighted by atomic mass is 9.76. The molecule has 0 aliphatic carbocycles. The lowest BCUT2D eigenvalue weighted by Crippen LogP contribution is -2.41. The summed E-state index contributed by atoms with van der Waals surface area (Å²) in [5.74, 6) is 0. The molecule has 1 saturated heterocycles. The average Bonchev–Trinajstić information content (AvgIpc) is 2.74. The van der Waals surface area contributed by atoms with Crippen LogP contribution in [-0.4, -0.2) is 28.8 Å². The SMILES string of the molecule is CC1(C)OB(c2cccc3c2CN=S3(C)=O)OC1(C)C. The van der Waals surface area contributed by atoms with Gasteiger partial charge in [-0.25, -0.2) is 8.57 Å². The molecule has 0 spiro atoms. The van der Waals surface area contributed by atoms with E-state index in [0.29, 0.717) is 6.54 Å². The van der Waals surface area contributed by atoms with Gasteiger partial charge in [-0.1, -0.05) is 12.1 Å². The minimum Gasteiger partial charge on any atom is -0.399 e. The van der Waals surface area contributed by atoms with Gasteiger partial charge < -0.3 is 9.31 Å². The fourth-order valence-corrected chi connectivity index (χ4v) is 4.04. The summed E-state index contributed by atoms with van der Waals surface area (Å²) in [5, 5.41) is 0. The molecule has 20 heavy (non-hydrogen) atoms. The van der Waals surface area contributed by atoms with Crippen molar-refractivity contribution in [2.45, 2.75) is 50.3 Å². The third-order valence-corrected chi connectivity index (χ3v) is 6.37. The molecule has 3 rings (SSSR count). The first-order valence-electron chi connectivity index (χ1n) is 6.79. The second-order valence-corrected chi connectivity index (χ2v) is 8.80. The molecule has 1 atom stereocenters. The molecule has 0 radical (unpaired) electrons. The van der Waals surface area contributed by atoms with Crippen molar-refractivity contribution in [2.75, 3.05) is 6.26 Å². The van der Waals surface area contributed by atoms with Crippen LogP contribution in [0.1, 0.15) is 33.3 Å². The summed E-state index contributed by atoms with van der Waals surface area (Å²) in [5.41, 5.74) is 1.21. The largest absolute Gasteiger partial charge is 0.495 e. The van der Waals surface area contributed by atoms with Gasteiger partial charge in [-0.3, -0.25) is 0 Å². The lowest BCUT2D eigenvalue weighted by Gasteiger charge is -2.32. The Hall–Kier alpha value is -0.845. The Labute approximate surface area is 121 Å². The Bertz CT molecular complexity index is 674. The van der Waals surface area contributed by atoms with Gasteiger partial charge >= 0.3 is 7.12 Å². The highest BCUT2D eigenvalue weighted by Crippen LogP contribution is 2.37. The molecular formula is C14H20BNO3S. The van der Waals surface area contributed by atoms with Gasteiger partial charge in [0, 0.05) is 6.26 Å². The lowest BCUT2D eigenvalue weighted by molar-refractivity contribution is 0.00578. The Morgan fingerprint density at radius 1 is 1.20 bits per heavy atom. The van der Waals surface area contributed by atoms with E-state index in [2.05, 4.69) is 4.36 Å². The predicted octanol–water partition coefficient (Wildman–Crippen LogP) is 1.96. The Morgan fingerprint density at radius 2 is 1.80 bits per heavy atom. The van der Waals surface area contributed by atoms with Crippen LogP contribution in [-0.2, 0) is 25.6 Å². The van der Waals surface area contributed by atoms with Gasteiger partial charge in [-0.15, -0.1) is 0 Å². The zero-order valence-electron chi connectivity index (χ0n) is 12.6. The van der Waals surface area contributed by atoms with E-state index in [0.717, 1.165) is 15.9 Å². The summed E-state index contributed by atoms with van der Waals surface area (Å²) in [4.78, 5) is 0.824. The maximum atomic E-state index is 12.4.